The van der Waals surface area contributed by atoms with Crippen LogP contribution in [0.5, 0.6) is 0 Å². The van der Waals surface area contributed by atoms with Crippen molar-refractivity contribution >= 4 is 26.6 Å². The molecule has 424 valence electrons. The molecule has 15 nitrogen and oxygen atoms in total. The van der Waals surface area contributed by atoms with Gasteiger partial charge in [-0.25, -0.2) is 8.37 Å². The summed E-state index contributed by atoms with van der Waals surface area (Å²) >= 11 is 0. The highest BCUT2D eigenvalue weighted by atomic mass is 32.3. The third-order valence-corrected chi connectivity index (χ3v) is 25.9. The Morgan fingerprint density at radius 3 is 1.89 bits per heavy atom. The minimum Gasteiger partial charge on any atom is -0.387 e. The molecule has 5 N–H and O–H groups in total. The molecule has 17 heteroatoms. The van der Waals surface area contributed by atoms with Crippen LogP contribution in [-0.4, -0.2) is 107 Å². The summed E-state index contributed by atoms with van der Waals surface area (Å²) in [5.74, 6) is -1.32. The van der Waals surface area contributed by atoms with E-state index in [1.807, 2.05) is 13.8 Å². The molecule has 0 radical (unpaired) electrons. The van der Waals surface area contributed by atoms with E-state index in [4.69, 9.17) is 22.6 Å². The Bertz CT molecular complexity index is 2660. The van der Waals surface area contributed by atoms with E-state index in [2.05, 4.69) is 55.4 Å². The second kappa shape index (κ2) is 17.3. The van der Waals surface area contributed by atoms with Crippen molar-refractivity contribution in [1.29, 1.82) is 0 Å². The average molecular weight is 1090 g/mol. The van der Waals surface area contributed by atoms with Gasteiger partial charge in [-0.15, -0.1) is 0 Å². The molecule has 0 aromatic heterocycles. The van der Waals surface area contributed by atoms with Gasteiger partial charge >= 0.3 is 20.8 Å². The van der Waals surface area contributed by atoms with Crippen LogP contribution in [0.4, 0.5) is 0 Å². The summed E-state index contributed by atoms with van der Waals surface area (Å²) in [7, 11) is -9.68. The molecule has 1 spiro atoms. The summed E-state index contributed by atoms with van der Waals surface area (Å²) < 4.78 is 102. The molecule has 21 unspecified atom stereocenters. The maximum Gasteiger partial charge on any atom is 0.397 e. The Morgan fingerprint density at radius 1 is 0.733 bits per heavy atom. The highest BCUT2D eigenvalue weighted by molar-refractivity contribution is 7.81. The van der Waals surface area contributed by atoms with Crippen LogP contribution < -0.4 is 0 Å². The molecule has 75 heavy (non-hydrogen) atoms. The second-order valence-corrected chi connectivity index (χ2v) is 31.6. The van der Waals surface area contributed by atoms with E-state index in [-0.39, 0.29) is 71.6 Å². The normalized spacial score (nSPS) is 50.3. The van der Waals surface area contributed by atoms with Crippen molar-refractivity contribution < 1.29 is 68.6 Å². The third kappa shape index (κ3) is 8.02. The van der Waals surface area contributed by atoms with Crippen LogP contribution in [-0.2, 0) is 48.2 Å². The molecule has 0 aromatic rings. The summed E-state index contributed by atoms with van der Waals surface area (Å²) in [6.07, 6.45) is 7.77. The van der Waals surface area contributed by atoms with Gasteiger partial charge in [0.1, 0.15) is 12.2 Å². The molecule has 12 rings (SSSR count). The summed E-state index contributed by atoms with van der Waals surface area (Å²) in [5.41, 5.74) is 0.325. The Morgan fingerprint density at radius 2 is 1.29 bits per heavy atom. The monoisotopic (exact) mass is 1090 g/mol. The van der Waals surface area contributed by atoms with Crippen LogP contribution in [0.15, 0.2) is 22.3 Å². The number of fused-ring (bicyclic) bond motifs is 10. The molecular weight excluding hydrogens is 1000 g/mol. The lowest BCUT2D eigenvalue weighted by Crippen LogP contribution is -2.76. The van der Waals surface area contributed by atoms with Crippen molar-refractivity contribution in [2.24, 2.45) is 85.8 Å². The Hall–Kier alpha value is -1.35. The third-order valence-electron chi connectivity index (χ3n) is 25.0. The zero-order chi connectivity index (χ0) is 54.6. The van der Waals surface area contributed by atoms with Gasteiger partial charge in [-0.2, -0.15) is 16.8 Å². The average Bonchev–Trinajstić information content (AvgIpc) is 3.86. The molecule has 0 aromatic carbocycles. The fourth-order valence-corrected chi connectivity index (χ4v) is 22.9. The predicted octanol–water partition coefficient (Wildman–Crippen LogP) is 9.29. The fraction of sp³-hybridized carbons (Fsp3) is 0.914. The highest BCUT2D eigenvalue weighted by Crippen LogP contribution is 2.73. The summed E-state index contributed by atoms with van der Waals surface area (Å²) in [6.45, 7) is 25.8. The Balaban J connectivity index is 0.835. The van der Waals surface area contributed by atoms with Gasteiger partial charge in [0.2, 0.25) is 0 Å². The van der Waals surface area contributed by atoms with E-state index in [9.17, 15) is 46.1 Å². The van der Waals surface area contributed by atoms with Gasteiger partial charge in [0.15, 0.2) is 11.6 Å². The molecular formula is C58H90O15S2. The molecule has 4 saturated heterocycles. The van der Waals surface area contributed by atoms with E-state index >= 15 is 0 Å². The van der Waals surface area contributed by atoms with Crippen LogP contribution >= 0.6 is 0 Å². The topological polar surface area (TPSA) is 233 Å². The predicted molar refractivity (Wildman–Crippen MR) is 278 cm³/mol. The summed E-state index contributed by atoms with van der Waals surface area (Å²) in [4.78, 5) is 13.5. The van der Waals surface area contributed by atoms with E-state index in [1.165, 1.54) is 22.3 Å². The molecule has 8 aliphatic carbocycles. The van der Waals surface area contributed by atoms with Gasteiger partial charge in [0, 0.05) is 28.1 Å². The molecule has 4 bridgehead atoms. The highest BCUT2D eigenvalue weighted by Gasteiger charge is 2.75. The largest absolute Gasteiger partial charge is 0.397 e. The Labute approximate surface area is 447 Å². The lowest BCUT2D eigenvalue weighted by Gasteiger charge is -2.69. The second-order valence-electron chi connectivity index (χ2n) is 29.5. The molecule has 12 aliphatic rings. The zero-order valence-electron chi connectivity index (χ0n) is 46.8. The van der Waals surface area contributed by atoms with Crippen LogP contribution in [0, 0.1) is 85.8 Å². The number of aliphatic hydroxyl groups is 3. The number of allylic oxidation sites excluding steroid dienone is 1. The van der Waals surface area contributed by atoms with E-state index in [1.54, 1.807) is 13.8 Å². The Kier molecular flexibility index (Phi) is 12.8. The molecule has 4 saturated carbocycles. The molecule has 4 heterocycles. The van der Waals surface area contributed by atoms with Crippen LogP contribution in [0.2, 0.25) is 0 Å². The van der Waals surface area contributed by atoms with Crippen molar-refractivity contribution in [1.82, 2.24) is 0 Å². The number of carbonyl (C=O) groups is 1. The van der Waals surface area contributed by atoms with E-state index < -0.39 is 90.1 Å². The maximum atomic E-state index is 13.5. The quantitative estimate of drug-likeness (QED) is 0.101. The minimum absolute atomic E-state index is 0.00929. The first kappa shape index (κ1) is 55.6. The number of hydrogen-bond donors (Lipinski definition) is 5. The number of rotatable bonds is 10. The van der Waals surface area contributed by atoms with Crippen LogP contribution in [0.25, 0.3) is 0 Å². The number of carbonyl (C=O) groups excluding carboxylic acids is 1. The maximum absolute atomic E-state index is 13.5. The zero-order valence-corrected chi connectivity index (χ0v) is 48.4. The van der Waals surface area contributed by atoms with Gasteiger partial charge < -0.3 is 29.5 Å². The first-order valence-corrected chi connectivity index (χ1v) is 31.6. The molecule has 4 aliphatic heterocycles. The van der Waals surface area contributed by atoms with Crippen molar-refractivity contribution in [2.75, 3.05) is 6.61 Å². The first-order valence-electron chi connectivity index (χ1n) is 28.9. The van der Waals surface area contributed by atoms with Gasteiger partial charge in [-0.05, 0) is 181 Å². The SMILES string of the molecule is CC(CCC1OC(C(C)C2CCC3C4=C(CCC32C)C23COC(O)(C(O)C2)C(C)(C)C3C(OS(=O)(=O)O)C4)CC2CC1(C)OC2(C)C)C1CCC2C3=C(CCC21C)C1(C)CC(O)C(=O)C(C)(C)C1C(OS(=O)(=O)O)C3. The van der Waals surface area contributed by atoms with Gasteiger partial charge in [-0.3, -0.25) is 13.9 Å². The van der Waals surface area contributed by atoms with Crippen LogP contribution in [0.3, 0.4) is 0 Å². The van der Waals surface area contributed by atoms with Crippen molar-refractivity contribution in [3.63, 3.8) is 0 Å². The first-order chi connectivity index (χ1) is 34.5. The van der Waals surface area contributed by atoms with Crippen molar-refractivity contribution in [3.05, 3.63) is 22.3 Å². The van der Waals surface area contributed by atoms with E-state index in [0.717, 1.165) is 77.0 Å². The summed E-state index contributed by atoms with van der Waals surface area (Å²) in [5, 5.41) is 34.5. The smallest absolute Gasteiger partial charge is 0.387 e. The van der Waals surface area contributed by atoms with Crippen molar-refractivity contribution in [3.8, 4) is 0 Å². The van der Waals surface area contributed by atoms with E-state index in [0.29, 0.717) is 36.5 Å². The van der Waals surface area contributed by atoms with Gasteiger partial charge in [-0.1, -0.05) is 84.6 Å². The molecule has 8 fully saturated rings. The lowest BCUT2D eigenvalue weighted by atomic mass is 9.42. The molecule has 21 atom stereocenters. The van der Waals surface area contributed by atoms with Crippen LogP contribution in [0.1, 0.15) is 186 Å². The number of Topliss-reactive ketones (excluding diaryl/α,β-unsaturated/α-hetero) is 1. The molecule has 0 amide bonds. The minimum atomic E-state index is -4.85. The summed E-state index contributed by atoms with van der Waals surface area (Å²) in [6, 6.07) is 0. The van der Waals surface area contributed by atoms with Gasteiger partial charge in [0.25, 0.3) is 0 Å². The van der Waals surface area contributed by atoms with Crippen molar-refractivity contribution in [2.45, 2.75) is 239 Å². The standard InChI is InChI=1S/C58H90O15S2/c1-30(35-14-16-37-33-24-43(71-74(63,64)65)47-50(3,4)49(61)41(59)27-55(47,11)39(33)19-21-53(35,37)9)13-18-46-56(12)26-32(52(7,8)73-56)23-42(70-46)31(2)36-15-17-38-34-25-44(72-75(66,67)68)48-51(5,6)58(62)45(60)28-57(48,29-69-58)40(34)20-22-54(36,38)10/h30-32,35-38,41-48,59-60,62H,13-29H2,1-12H3,(H,63,64,65)(H,66,67,68). The number of aliphatic hydroxyl groups excluding tert-OH is 2. The lowest BCUT2D eigenvalue weighted by molar-refractivity contribution is -0.408. The fourth-order valence-electron chi connectivity index (χ4n) is 22.0. The van der Waals surface area contributed by atoms with Gasteiger partial charge in [0.05, 0.1) is 42.2 Å². The number of ether oxygens (including phenoxy) is 3. The number of hydrogen-bond acceptors (Lipinski definition) is 13. The number of ketones is 1.